The van der Waals surface area contributed by atoms with E-state index < -0.39 is 0 Å². The summed E-state index contributed by atoms with van der Waals surface area (Å²) in [5, 5.41) is 4.21. The number of nitrogens with zero attached hydrogens (tertiary/aromatic N) is 1. The van der Waals surface area contributed by atoms with Gasteiger partial charge in [-0.25, -0.2) is 0 Å². The van der Waals surface area contributed by atoms with Crippen molar-refractivity contribution in [1.29, 1.82) is 0 Å². The van der Waals surface area contributed by atoms with Crippen molar-refractivity contribution in [2.75, 3.05) is 18.5 Å². The van der Waals surface area contributed by atoms with Crippen LogP contribution in [0.15, 0.2) is 18.2 Å². The number of halogens is 1. The zero-order valence-electron chi connectivity index (χ0n) is 10.5. The minimum absolute atomic E-state index is 0.497. The lowest BCUT2D eigenvalue weighted by molar-refractivity contribution is 0.589. The number of nitrogens with one attached hydrogen (secondary N) is 1. The van der Waals surface area contributed by atoms with E-state index in [9.17, 15) is 0 Å². The fraction of sp³-hybridized carbons (Fsp3) is 0.538. The van der Waals surface area contributed by atoms with Gasteiger partial charge in [0.1, 0.15) is 0 Å². The van der Waals surface area contributed by atoms with Gasteiger partial charge >= 0.3 is 0 Å². The van der Waals surface area contributed by atoms with Gasteiger partial charge in [0.2, 0.25) is 0 Å². The van der Waals surface area contributed by atoms with Crippen LogP contribution in [-0.4, -0.2) is 19.6 Å². The highest BCUT2D eigenvalue weighted by molar-refractivity contribution is 6.33. The van der Waals surface area contributed by atoms with E-state index in [1.807, 2.05) is 13.1 Å². The van der Waals surface area contributed by atoms with E-state index in [1.54, 1.807) is 0 Å². The third-order valence-corrected chi connectivity index (χ3v) is 2.91. The lowest BCUT2D eigenvalue weighted by atomic mass is 10.2. The van der Waals surface area contributed by atoms with E-state index in [1.165, 1.54) is 5.56 Å². The van der Waals surface area contributed by atoms with E-state index in [0.717, 1.165) is 23.8 Å². The summed E-state index contributed by atoms with van der Waals surface area (Å²) >= 11 is 6.25. The Bertz CT molecular complexity index is 337. The molecule has 1 aromatic carbocycles. The molecular weight excluding hydrogens is 220 g/mol. The molecule has 0 radical (unpaired) electrons. The van der Waals surface area contributed by atoms with Gasteiger partial charge < -0.3 is 10.2 Å². The molecule has 3 heteroatoms. The van der Waals surface area contributed by atoms with Crippen LogP contribution >= 0.6 is 11.6 Å². The quantitative estimate of drug-likeness (QED) is 0.850. The first kappa shape index (κ1) is 13.3. The molecule has 0 fully saturated rings. The second-order valence-electron chi connectivity index (χ2n) is 4.34. The summed E-state index contributed by atoms with van der Waals surface area (Å²) in [5.41, 5.74) is 2.32. The fourth-order valence-electron chi connectivity index (χ4n) is 1.46. The molecule has 0 aliphatic carbocycles. The van der Waals surface area contributed by atoms with E-state index in [4.69, 9.17) is 11.6 Å². The second-order valence-corrected chi connectivity index (χ2v) is 4.74. The Morgan fingerprint density at radius 3 is 2.56 bits per heavy atom. The predicted octanol–water partition coefficient (Wildman–Crippen LogP) is 3.29. The molecule has 0 aliphatic heterocycles. The lowest BCUT2D eigenvalue weighted by Crippen LogP contribution is -2.22. The smallest absolute Gasteiger partial charge is 0.0642 e. The van der Waals surface area contributed by atoms with Crippen molar-refractivity contribution in [2.45, 2.75) is 33.4 Å². The van der Waals surface area contributed by atoms with Gasteiger partial charge in [0.25, 0.3) is 0 Å². The summed E-state index contributed by atoms with van der Waals surface area (Å²) in [7, 11) is 2.05. The molecular formula is C13H21ClN2. The molecule has 16 heavy (non-hydrogen) atoms. The van der Waals surface area contributed by atoms with Crippen molar-refractivity contribution >= 4 is 17.3 Å². The first-order valence-corrected chi connectivity index (χ1v) is 6.15. The Morgan fingerprint density at radius 1 is 1.38 bits per heavy atom. The van der Waals surface area contributed by atoms with Crippen molar-refractivity contribution in [1.82, 2.24) is 5.32 Å². The van der Waals surface area contributed by atoms with Crippen molar-refractivity contribution in [3.05, 3.63) is 28.8 Å². The van der Waals surface area contributed by atoms with Crippen LogP contribution in [0.4, 0.5) is 5.69 Å². The molecule has 90 valence electrons. The largest absolute Gasteiger partial charge is 0.374 e. The van der Waals surface area contributed by atoms with Crippen LogP contribution in [0.5, 0.6) is 0 Å². The molecule has 2 nitrogen and oxygen atoms in total. The standard InChI is InChI=1S/C13H21ClN2/c1-5-16(4)13-7-6-11(8-12(13)14)9-15-10(2)3/h6-8,10,15H,5,9H2,1-4H3. The van der Waals surface area contributed by atoms with Crippen molar-refractivity contribution in [3.63, 3.8) is 0 Å². The highest BCUT2D eigenvalue weighted by Gasteiger charge is 2.05. The Labute approximate surface area is 104 Å². The zero-order valence-corrected chi connectivity index (χ0v) is 11.3. The van der Waals surface area contributed by atoms with Crippen LogP contribution in [0.25, 0.3) is 0 Å². The van der Waals surface area contributed by atoms with Gasteiger partial charge in [0, 0.05) is 26.2 Å². The van der Waals surface area contributed by atoms with Crippen LogP contribution in [-0.2, 0) is 6.54 Å². The average molecular weight is 241 g/mol. The predicted molar refractivity (Wildman–Crippen MR) is 72.4 cm³/mol. The van der Waals surface area contributed by atoms with Gasteiger partial charge in [-0.2, -0.15) is 0 Å². The van der Waals surface area contributed by atoms with Gasteiger partial charge in [0.05, 0.1) is 10.7 Å². The molecule has 0 saturated heterocycles. The maximum absolute atomic E-state index is 6.25. The highest BCUT2D eigenvalue weighted by Crippen LogP contribution is 2.25. The number of rotatable bonds is 5. The summed E-state index contributed by atoms with van der Waals surface area (Å²) in [5.74, 6) is 0. The molecule has 0 atom stereocenters. The Kier molecular flexibility index (Phi) is 5.10. The average Bonchev–Trinajstić information content (AvgIpc) is 2.25. The maximum atomic E-state index is 6.25. The molecule has 1 N–H and O–H groups in total. The summed E-state index contributed by atoms with van der Waals surface area (Å²) in [6.45, 7) is 8.23. The molecule has 0 bridgehead atoms. The molecule has 1 rings (SSSR count). The molecule has 0 unspecified atom stereocenters. The van der Waals surface area contributed by atoms with Crippen LogP contribution in [0, 0.1) is 0 Å². The highest BCUT2D eigenvalue weighted by atomic mass is 35.5. The summed E-state index contributed by atoms with van der Waals surface area (Å²) in [4.78, 5) is 2.14. The second kappa shape index (κ2) is 6.12. The van der Waals surface area contributed by atoms with Crippen LogP contribution in [0.3, 0.4) is 0 Å². The molecule has 0 amide bonds. The van der Waals surface area contributed by atoms with Crippen molar-refractivity contribution in [3.8, 4) is 0 Å². The van der Waals surface area contributed by atoms with Crippen molar-refractivity contribution in [2.24, 2.45) is 0 Å². The SMILES string of the molecule is CCN(C)c1ccc(CNC(C)C)cc1Cl. The van der Waals surface area contributed by atoms with E-state index >= 15 is 0 Å². The van der Waals surface area contributed by atoms with Crippen LogP contribution in [0.2, 0.25) is 5.02 Å². The minimum atomic E-state index is 0.497. The molecule has 1 aromatic rings. The summed E-state index contributed by atoms with van der Waals surface area (Å²) in [6, 6.07) is 6.75. The number of hydrogen-bond donors (Lipinski definition) is 1. The van der Waals surface area contributed by atoms with E-state index in [2.05, 4.69) is 43.1 Å². The van der Waals surface area contributed by atoms with Gasteiger partial charge in [-0.15, -0.1) is 0 Å². The normalized spacial score (nSPS) is 10.9. The number of anilines is 1. The third-order valence-electron chi connectivity index (χ3n) is 2.61. The number of hydrogen-bond acceptors (Lipinski definition) is 2. The van der Waals surface area contributed by atoms with Crippen molar-refractivity contribution < 1.29 is 0 Å². The Morgan fingerprint density at radius 2 is 2.06 bits per heavy atom. The van der Waals surface area contributed by atoms with Gasteiger partial charge in [-0.3, -0.25) is 0 Å². The Hall–Kier alpha value is -0.730. The zero-order chi connectivity index (χ0) is 12.1. The monoisotopic (exact) mass is 240 g/mol. The van der Waals surface area contributed by atoms with Gasteiger partial charge in [-0.1, -0.05) is 31.5 Å². The van der Waals surface area contributed by atoms with Crippen LogP contribution in [0.1, 0.15) is 26.3 Å². The molecule has 0 saturated carbocycles. The third kappa shape index (κ3) is 3.69. The summed E-state index contributed by atoms with van der Waals surface area (Å²) < 4.78 is 0. The fourth-order valence-corrected chi connectivity index (χ4v) is 1.81. The molecule has 0 aromatic heterocycles. The maximum Gasteiger partial charge on any atom is 0.0642 e. The number of benzene rings is 1. The Balaban J connectivity index is 2.74. The van der Waals surface area contributed by atoms with Gasteiger partial charge in [0.15, 0.2) is 0 Å². The molecule has 0 spiro atoms. The molecule has 0 aliphatic rings. The first-order chi connectivity index (χ1) is 7.54. The first-order valence-electron chi connectivity index (χ1n) is 5.77. The van der Waals surface area contributed by atoms with Crippen LogP contribution < -0.4 is 10.2 Å². The van der Waals surface area contributed by atoms with E-state index in [-0.39, 0.29) is 0 Å². The summed E-state index contributed by atoms with van der Waals surface area (Å²) in [6.07, 6.45) is 0. The lowest BCUT2D eigenvalue weighted by Gasteiger charge is -2.19. The minimum Gasteiger partial charge on any atom is -0.374 e. The van der Waals surface area contributed by atoms with Gasteiger partial charge in [-0.05, 0) is 24.6 Å². The molecule has 0 heterocycles. The topological polar surface area (TPSA) is 15.3 Å². The van der Waals surface area contributed by atoms with E-state index in [0.29, 0.717) is 6.04 Å².